The van der Waals surface area contributed by atoms with Gasteiger partial charge in [0.05, 0.1) is 13.2 Å². The molecule has 1 saturated heterocycles. The molecular formula is C14H28N2O. The van der Waals surface area contributed by atoms with Gasteiger partial charge in [-0.25, -0.2) is 0 Å². The third-order valence-electron chi connectivity index (χ3n) is 3.90. The average molecular weight is 240 g/mol. The van der Waals surface area contributed by atoms with Crippen LogP contribution < -0.4 is 5.32 Å². The van der Waals surface area contributed by atoms with Crippen LogP contribution in [0.5, 0.6) is 0 Å². The number of ether oxygens (including phenoxy) is 1. The van der Waals surface area contributed by atoms with Crippen LogP contribution in [0.3, 0.4) is 0 Å². The van der Waals surface area contributed by atoms with Gasteiger partial charge in [0.25, 0.3) is 0 Å². The van der Waals surface area contributed by atoms with Crippen molar-refractivity contribution in [1.82, 2.24) is 10.2 Å². The Hall–Kier alpha value is -0.120. The molecule has 3 heteroatoms. The molecule has 0 bridgehead atoms. The van der Waals surface area contributed by atoms with Crippen LogP contribution in [-0.2, 0) is 4.74 Å². The molecule has 17 heavy (non-hydrogen) atoms. The first-order chi connectivity index (χ1) is 8.29. The maximum absolute atomic E-state index is 5.62. The van der Waals surface area contributed by atoms with E-state index in [1.165, 1.54) is 32.2 Å². The van der Waals surface area contributed by atoms with Gasteiger partial charge in [0.1, 0.15) is 0 Å². The van der Waals surface area contributed by atoms with Gasteiger partial charge in [0.15, 0.2) is 0 Å². The Kier molecular flexibility index (Phi) is 5.26. The van der Waals surface area contributed by atoms with Crippen molar-refractivity contribution < 1.29 is 4.74 Å². The normalized spacial score (nSPS) is 28.2. The van der Waals surface area contributed by atoms with E-state index in [0.29, 0.717) is 6.04 Å². The minimum Gasteiger partial charge on any atom is -0.378 e. The molecule has 1 aliphatic carbocycles. The minimum absolute atomic E-state index is 0.601. The fourth-order valence-corrected chi connectivity index (χ4v) is 2.69. The second-order valence-corrected chi connectivity index (χ2v) is 5.80. The minimum atomic E-state index is 0.601. The Morgan fingerprint density at radius 2 is 2.24 bits per heavy atom. The second kappa shape index (κ2) is 6.72. The van der Waals surface area contributed by atoms with Gasteiger partial charge < -0.3 is 10.1 Å². The number of morpholine rings is 1. The SMILES string of the molecule is CCCC(C)CN1CCOCC1CNC1CC1. The lowest BCUT2D eigenvalue weighted by atomic mass is 10.0. The van der Waals surface area contributed by atoms with Crippen molar-refractivity contribution in [2.24, 2.45) is 5.92 Å². The fraction of sp³-hybridized carbons (Fsp3) is 1.00. The summed E-state index contributed by atoms with van der Waals surface area (Å²) in [5, 5.41) is 3.64. The molecule has 100 valence electrons. The molecule has 1 N–H and O–H groups in total. The van der Waals surface area contributed by atoms with Crippen LogP contribution in [0.1, 0.15) is 39.5 Å². The molecule has 0 radical (unpaired) electrons. The zero-order valence-electron chi connectivity index (χ0n) is 11.5. The molecule has 2 fully saturated rings. The van der Waals surface area contributed by atoms with Gasteiger partial charge in [-0.05, 0) is 25.2 Å². The van der Waals surface area contributed by atoms with E-state index in [2.05, 4.69) is 24.1 Å². The van der Waals surface area contributed by atoms with Gasteiger partial charge in [-0.3, -0.25) is 4.90 Å². The summed E-state index contributed by atoms with van der Waals surface area (Å²) in [6.45, 7) is 9.96. The molecule has 1 heterocycles. The standard InChI is InChI=1S/C14H28N2O/c1-3-4-12(2)10-16-7-8-17-11-14(16)9-15-13-5-6-13/h12-15H,3-11H2,1-2H3. The lowest BCUT2D eigenvalue weighted by molar-refractivity contribution is -0.0132. The van der Waals surface area contributed by atoms with Gasteiger partial charge in [0.2, 0.25) is 0 Å². The molecule has 3 nitrogen and oxygen atoms in total. The third-order valence-corrected chi connectivity index (χ3v) is 3.90. The van der Waals surface area contributed by atoms with E-state index in [1.807, 2.05) is 0 Å². The van der Waals surface area contributed by atoms with Crippen LogP contribution in [0.4, 0.5) is 0 Å². The molecule has 2 aliphatic rings. The third kappa shape index (κ3) is 4.57. The molecule has 0 spiro atoms. The second-order valence-electron chi connectivity index (χ2n) is 5.80. The maximum atomic E-state index is 5.62. The van der Waals surface area contributed by atoms with E-state index in [1.54, 1.807) is 0 Å². The Morgan fingerprint density at radius 1 is 1.41 bits per heavy atom. The predicted octanol–water partition coefficient (Wildman–Crippen LogP) is 1.88. The van der Waals surface area contributed by atoms with Gasteiger partial charge in [-0.2, -0.15) is 0 Å². The Labute approximate surface area is 106 Å². The van der Waals surface area contributed by atoms with Gasteiger partial charge in [-0.15, -0.1) is 0 Å². The highest BCUT2D eigenvalue weighted by atomic mass is 16.5. The van der Waals surface area contributed by atoms with Gasteiger partial charge >= 0.3 is 0 Å². The summed E-state index contributed by atoms with van der Waals surface area (Å²) >= 11 is 0. The van der Waals surface area contributed by atoms with Crippen LogP contribution in [0, 0.1) is 5.92 Å². The largest absolute Gasteiger partial charge is 0.378 e. The first-order valence-electron chi connectivity index (χ1n) is 7.34. The fourth-order valence-electron chi connectivity index (χ4n) is 2.69. The summed E-state index contributed by atoms with van der Waals surface area (Å²) < 4.78 is 5.62. The van der Waals surface area contributed by atoms with Crippen molar-refractivity contribution in [2.45, 2.75) is 51.6 Å². The summed E-state index contributed by atoms with van der Waals surface area (Å²) in [7, 11) is 0. The van der Waals surface area contributed by atoms with Crippen LogP contribution in [0.2, 0.25) is 0 Å². The van der Waals surface area contributed by atoms with Crippen LogP contribution in [-0.4, -0.2) is 49.8 Å². The van der Waals surface area contributed by atoms with Crippen molar-refractivity contribution in [3.05, 3.63) is 0 Å². The van der Waals surface area contributed by atoms with Crippen molar-refractivity contribution in [2.75, 3.05) is 32.8 Å². The van der Waals surface area contributed by atoms with E-state index in [0.717, 1.165) is 38.3 Å². The summed E-state index contributed by atoms with van der Waals surface area (Å²) in [5.41, 5.74) is 0. The lowest BCUT2D eigenvalue weighted by Gasteiger charge is -2.37. The van der Waals surface area contributed by atoms with Crippen molar-refractivity contribution >= 4 is 0 Å². The number of hydrogen-bond acceptors (Lipinski definition) is 3. The van der Waals surface area contributed by atoms with Gasteiger partial charge in [-0.1, -0.05) is 20.3 Å². The van der Waals surface area contributed by atoms with Crippen LogP contribution in [0.25, 0.3) is 0 Å². The van der Waals surface area contributed by atoms with E-state index in [-0.39, 0.29) is 0 Å². The molecule has 0 aromatic rings. The van der Waals surface area contributed by atoms with Crippen LogP contribution in [0.15, 0.2) is 0 Å². The number of nitrogens with one attached hydrogen (secondary N) is 1. The van der Waals surface area contributed by atoms with E-state index in [9.17, 15) is 0 Å². The maximum Gasteiger partial charge on any atom is 0.0634 e. The van der Waals surface area contributed by atoms with Gasteiger partial charge in [0, 0.05) is 31.7 Å². The number of rotatable bonds is 7. The molecule has 0 aromatic carbocycles. The highest BCUT2D eigenvalue weighted by Crippen LogP contribution is 2.19. The smallest absolute Gasteiger partial charge is 0.0634 e. The Balaban J connectivity index is 1.73. The zero-order valence-corrected chi connectivity index (χ0v) is 11.5. The molecule has 0 amide bonds. The Bertz CT molecular complexity index is 218. The summed E-state index contributed by atoms with van der Waals surface area (Å²) in [5.74, 6) is 0.821. The number of hydrogen-bond donors (Lipinski definition) is 1. The van der Waals surface area contributed by atoms with Crippen molar-refractivity contribution in [1.29, 1.82) is 0 Å². The monoisotopic (exact) mass is 240 g/mol. The molecule has 2 rings (SSSR count). The topological polar surface area (TPSA) is 24.5 Å². The molecule has 2 atom stereocenters. The summed E-state index contributed by atoms with van der Waals surface area (Å²) in [4.78, 5) is 2.64. The molecular weight excluding hydrogens is 212 g/mol. The Morgan fingerprint density at radius 3 is 2.94 bits per heavy atom. The molecule has 1 saturated carbocycles. The highest BCUT2D eigenvalue weighted by molar-refractivity contribution is 4.85. The summed E-state index contributed by atoms with van der Waals surface area (Å²) in [6.07, 6.45) is 5.40. The predicted molar refractivity (Wildman–Crippen MR) is 71.3 cm³/mol. The highest BCUT2D eigenvalue weighted by Gasteiger charge is 2.27. The van der Waals surface area contributed by atoms with Crippen LogP contribution >= 0.6 is 0 Å². The molecule has 0 aromatic heterocycles. The summed E-state index contributed by atoms with van der Waals surface area (Å²) in [6, 6.07) is 1.41. The van der Waals surface area contributed by atoms with E-state index in [4.69, 9.17) is 4.74 Å². The number of nitrogens with zero attached hydrogens (tertiary/aromatic N) is 1. The molecule has 2 unspecified atom stereocenters. The molecule has 1 aliphatic heterocycles. The lowest BCUT2D eigenvalue weighted by Crippen LogP contribution is -2.51. The quantitative estimate of drug-likeness (QED) is 0.735. The van der Waals surface area contributed by atoms with E-state index >= 15 is 0 Å². The van der Waals surface area contributed by atoms with Crippen molar-refractivity contribution in [3.8, 4) is 0 Å². The van der Waals surface area contributed by atoms with Crippen molar-refractivity contribution in [3.63, 3.8) is 0 Å². The first-order valence-corrected chi connectivity index (χ1v) is 7.34. The average Bonchev–Trinajstić information content (AvgIpc) is 3.12. The first kappa shape index (κ1) is 13.3. The van der Waals surface area contributed by atoms with E-state index < -0.39 is 0 Å². The zero-order chi connectivity index (χ0) is 12.1.